The van der Waals surface area contributed by atoms with Crippen LogP contribution in [0.25, 0.3) is 0 Å². The number of hydrogen-bond acceptors (Lipinski definition) is 0. The molecule has 15 heavy (non-hydrogen) atoms. The third-order valence-corrected chi connectivity index (χ3v) is 4.81. The van der Waals surface area contributed by atoms with E-state index in [9.17, 15) is 0 Å². The fraction of sp³-hybridized carbons (Fsp3) is 1.00. The van der Waals surface area contributed by atoms with Crippen LogP contribution < -0.4 is 0 Å². The van der Waals surface area contributed by atoms with Crippen molar-refractivity contribution >= 4 is 0 Å². The van der Waals surface area contributed by atoms with Gasteiger partial charge in [0, 0.05) is 0 Å². The topological polar surface area (TPSA) is 0 Å². The third-order valence-electron chi connectivity index (χ3n) is 4.81. The van der Waals surface area contributed by atoms with Crippen molar-refractivity contribution < 1.29 is 0 Å². The van der Waals surface area contributed by atoms with Crippen LogP contribution in [0.15, 0.2) is 0 Å². The first-order valence-electron chi connectivity index (χ1n) is 7.17. The Morgan fingerprint density at radius 2 is 1.33 bits per heavy atom. The van der Waals surface area contributed by atoms with Crippen molar-refractivity contribution in [1.82, 2.24) is 0 Å². The molecule has 0 radical (unpaired) electrons. The van der Waals surface area contributed by atoms with Crippen LogP contribution in [0.3, 0.4) is 0 Å². The molecule has 2 aliphatic rings. The lowest BCUT2D eigenvalue weighted by molar-refractivity contribution is 0.196. The van der Waals surface area contributed by atoms with Crippen molar-refractivity contribution in [2.45, 2.75) is 78.1 Å². The van der Waals surface area contributed by atoms with Crippen LogP contribution in [-0.2, 0) is 0 Å². The van der Waals surface area contributed by atoms with Gasteiger partial charge in [-0.15, -0.1) is 0 Å². The lowest BCUT2D eigenvalue weighted by atomic mass is 9.74. The summed E-state index contributed by atoms with van der Waals surface area (Å²) in [5.41, 5.74) is 0.638. The first kappa shape index (κ1) is 11.5. The Labute approximate surface area is 95.8 Å². The lowest BCUT2D eigenvalue weighted by Crippen LogP contribution is -2.20. The van der Waals surface area contributed by atoms with Crippen LogP contribution in [0.5, 0.6) is 0 Å². The van der Waals surface area contributed by atoms with Crippen LogP contribution in [0.4, 0.5) is 0 Å². The van der Waals surface area contributed by atoms with Gasteiger partial charge >= 0.3 is 0 Å². The third kappa shape index (κ3) is 3.23. The van der Waals surface area contributed by atoms with Crippen LogP contribution in [-0.4, -0.2) is 0 Å². The van der Waals surface area contributed by atoms with E-state index in [0.29, 0.717) is 5.41 Å². The van der Waals surface area contributed by atoms with Gasteiger partial charge in [-0.25, -0.2) is 0 Å². The highest BCUT2D eigenvalue weighted by atomic mass is 14.4. The molecule has 2 fully saturated rings. The highest BCUT2D eigenvalue weighted by Crippen LogP contribution is 2.44. The summed E-state index contributed by atoms with van der Waals surface area (Å²) < 4.78 is 0. The molecule has 0 bridgehead atoms. The zero-order valence-electron chi connectivity index (χ0n) is 10.7. The molecule has 0 N–H and O–H groups in total. The maximum atomic E-state index is 2.49. The first-order valence-corrected chi connectivity index (χ1v) is 7.17. The van der Waals surface area contributed by atoms with Crippen molar-refractivity contribution in [3.05, 3.63) is 0 Å². The predicted octanol–water partition coefficient (Wildman–Crippen LogP) is 5.17. The van der Waals surface area contributed by atoms with Gasteiger partial charge in [-0.05, 0) is 30.1 Å². The molecular formula is C15H28. The molecule has 2 rings (SSSR count). The van der Waals surface area contributed by atoms with Gasteiger partial charge in [0.25, 0.3) is 0 Å². The summed E-state index contributed by atoms with van der Waals surface area (Å²) in [6.45, 7) is 4.99. The highest BCUT2D eigenvalue weighted by molar-refractivity contribution is 4.83. The summed E-state index contributed by atoms with van der Waals surface area (Å²) >= 11 is 0. The fourth-order valence-corrected chi connectivity index (χ4v) is 3.94. The van der Waals surface area contributed by atoms with E-state index in [4.69, 9.17) is 0 Å². The molecule has 0 aromatic heterocycles. The van der Waals surface area contributed by atoms with E-state index in [-0.39, 0.29) is 0 Å². The van der Waals surface area contributed by atoms with E-state index in [1.165, 1.54) is 57.8 Å². The van der Waals surface area contributed by atoms with Crippen molar-refractivity contribution in [3.8, 4) is 0 Å². The SMILES string of the molecule is CC1(C)CCCC2CCCCCCC2C1. The quantitative estimate of drug-likeness (QED) is 0.515. The second kappa shape index (κ2) is 4.89. The molecule has 0 amide bonds. The fourth-order valence-electron chi connectivity index (χ4n) is 3.94. The van der Waals surface area contributed by atoms with Gasteiger partial charge in [0.2, 0.25) is 0 Å². The average molecular weight is 208 g/mol. The molecule has 0 heteroatoms. The smallest absolute Gasteiger partial charge is 0.0351 e. The van der Waals surface area contributed by atoms with Crippen LogP contribution in [0.2, 0.25) is 0 Å². The molecule has 0 spiro atoms. The molecule has 88 valence electrons. The van der Waals surface area contributed by atoms with Gasteiger partial charge in [-0.1, -0.05) is 65.2 Å². The van der Waals surface area contributed by atoms with Crippen molar-refractivity contribution in [2.75, 3.05) is 0 Å². The molecule has 0 nitrogen and oxygen atoms in total. The zero-order valence-corrected chi connectivity index (χ0v) is 10.7. The largest absolute Gasteiger partial charge is 0.0599 e. The second-order valence-corrected chi connectivity index (χ2v) is 6.77. The summed E-state index contributed by atoms with van der Waals surface area (Å²) in [6.07, 6.45) is 15.1. The van der Waals surface area contributed by atoms with E-state index in [1.807, 2.05) is 0 Å². The number of fused-ring (bicyclic) bond motifs is 1. The predicted molar refractivity (Wildman–Crippen MR) is 66.9 cm³/mol. The van der Waals surface area contributed by atoms with Crippen LogP contribution >= 0.6 is 0 Å². The molecule has 2 saturated carbocycles. The Hall–Kier alpha value is 0. The summed E-state index contributed by atoms with van der Waals surface area (Å²) in [7, 11) is 0. The lowest BCUT2D eigenvalue weighted by Gasteiger charge is -2.31. The van der Waals surface area contributed by atoms with Gasteiger partial charge in [-0.3, -0.25) is 0 Å². The standard InChI is InChI=1S/C15H28/c1-15(2)11-7-10-13-8-5-3-4-6-9-14(13)12-15/h13-14H,3-12H2,1-2H3. The summed E-state index contributed by atoms with van der Waals surface area (Å²) in [5.74, 6) is 2.16. The summed E-state index contributed by atoms with van der Waals surface area (Å²) in [6, 6.07) is 0. The van der Waals surface area contributed by atoms with E-state index >= 15 is 0 Å². The Bertz CT molecular complexity index is 192. The van der Waals surface area contributed by atoms with E-state index in [0.717, 1.165) is 11.8 Å². The normalized spacial score (nSPS) is 37.2. The Balaban J connectivity index is 2.01. The van der Waals surface area contributed by atoms with Crippen LogP contribution in [0, 0.1) is 17.3 Å². The molecule has 0 heterocycles. The number of hydrogen-bond donors (Lipinski definition) is 0. The molecular weight excluding hydrogens is 180 g/mol. The molecule has 0 saturated heterocycles. The highest BCUT2D eigenvalue weighted by Gasteiger charge is 2.32. The molecule has 2 aliphatic carbocycles. The monoisotopic (exact) mass is 208 g/mol. The van der Waals surface area contributed by atoms with Crippen LogP contribution in [0.1, 0.15) is 78.1 Å². The Morgan fingerprint density at radius 1 is 0.733 bits per heavy atom. The summed E-state index contributed by atoms with van der Waals surface area (Å²) in [4.78, 5) is 0. The maximum Gasteiger partial charge on any atom is -0.0351 e. The van der Waals surface area contributed by atoms with E-state index in [2.05, 4.69) is 13.8 Å². The zero-order chi connectivity index (χ0) is 10.7. The minimum atomic E-state index is 0.638. The van der Waals surface area contributed by atoms with Gasteiger partial charge in [0.05, 0.1) is 0 Å². The second-order valence-electron chi connectivity index (χ2n) is 6.77. The minimum Gasteiger partial charge on any atom is -0.0599 e. The Morgan fingerprint density at radius 3 is 2.07 bits per heavy atom. The van der Waals surface area contributed by atoms with Gasteiger partial charge in [0.1, 0.15) is 0 Å². The van der Waals surface area contributed by atoms with Gasteiger partial charge < -0.3 is 0 Å². The average Bonchev–Trinajstić information content (AvgIpc) is 2.26. The summed E-state index contributed by atoms with van der Waals surface area (Å²) in [5, 5.41) is 0. The van der Waals surface area contributed by atoms with Crippen molar-refractivity contribution in [1.29, 1.82) is 0 Å². The van der Waals surface area contributed by atoms with Gasteiger partial charge in [-0.2, -0.15) is 0 Å². The minimum absolute atomic E-state index is 0.638. The van der Waals surface area contributed by atoms with E-state index < -0.39 is 0 Å². The molecule has 2 unspecified atom stereocenters. The molecule has 0 aromatic rings. The van der Waals surface area contributed by atoms with Crippen molar-refractivity contribution in [2.24, 2.45) is 17.3 Å². The van der Waals surface area contributed by atoms with Gasteiger partial charge in [0.15, 0.2) is 0 Å². The first-order chi connectivity index (χ1) is 7.17. The number of rotatable bonds is 0. The van der Waals surface area contributed by atoms with E-state index in [1.54, 1.807) is 6.42 Å². The maximum absolute atomic E-state index is 2.49. The Kier molecular flexibility index (Phi) is 3.74. The molecule has 0 aromatic carbocycles. The molecule has 2 atom stereocenters. The van der Waals surface area contributed by atoms with Crippen molar-refractivity contribution in [3.63, 3.8) is 0 Å². The molecule has 0 aliphatic heterocycles.